The monoisotopic (exact) mass is 295 g/mol. The first-order valence-electron chi connectivity index (χ1n) is 7.52. The highest BCUT2D eigenvalue weighted by atomic mass is 35.5. The summed E-state index contributed by atoms with van der Waals surface area (Å²) in [6, 6.07) is 8.09. The maximum Gasteiger partial charge on any atom is 0.0639 e. The van der Waals surface area contributed by atoms with Gasteiger partial charge in [-0.15, -0.1) is 0 Å². The number of hydrogen-bond acceptors (Lipinski definition) is 3. The van der Waals surface area contributed by atoms with Crippen molar-refractivity contribution in [1.82, 2.24) is 4.90 Å². The van der Waals surface area contributed by atoms with Crippen LogP contribution in [0.5, 0.6) is 0 Å². The van der Waals surface area contributed by atoms with Crippen LogP contribution in [0.3, 0.4) is 0 Å². The molecule has 2 N–H and O–H groups in total. The van der Waals surface area contributed by atoms with Gasteiger partial charge in [0.2, 0.25) is 0 Å². The Bertz CT molecular complexity index is 425. The SMILES string of the molecule is CCCC(C)(N)CN1CCN(c2ccccc2Cl)CC1. The van der Waals surface area contributed by atoms with Crippen LogP contribution in [0.25, 0.3) is 0 Å². The van der Waals surface area contributed by atoms with Crippen molar-refractivity contribution in [2.24, 2.45) is 5.73 Å². The van der Waals surface area contributed by atoms with Crippen LogP contribution in [0.4, 0.5) is 5.69 Å². The van der Waals surface area contributed by atoms with Crippen LogP contribution in [-0.2, 0) is 0 Å². The van der Waals surface area contributed by atoms with E-state index < -0.39 is 0 Å². The lowest BCUT2D eigenvalue weighted by Gasteiger charge is -2.40. The number of anilines is 1. The summed E-state index contributed by atoms with van der Waals surface area (Å²) in [5.74, 6) is 0. The van der Waals surface area contributed by atoms with Gasteiger partial charge in [0, 0.05) is 38.3 Å². The highest BCUT2D eigenvalue weighted by molar-refractivity contribution is 6.33. The first kappa shape index (κ1) is 15.6. The highest BCUT2D eigenvalue weighted by Gasteiger charge is 2.25. The molecule has 0 bridgehead atoms. The minimum Gasteiger partial charge on any atom is -0.368 e. The second-order valence-corrected chi connectivity index (χ2v) is 6.53. The first-order chi connectivity index (χ1) is 9.52. The molecule has 1 aromatic carbocycles. The summed E-state index contributed by atoms with van der Waals surface area (Å²) in [5.41, 5.74) is 7.43. The van der Waals surface area contributed by atoms with Gasteiger partial charge in [-0.1, -0.05) is 37.1 Å². The fourth-order valence-corrected chi connectivity index (χ4v) is 3.27. The molecule has 112 valence electrons. The van der Waals surface area contributed by atoms with Crippen LogP contribution < -0.4 is 10.6 Å². The molecule has 0 saturated carbocycles. The van der Waals surface area contributed by atoms with Crippen LogP contribution in [0.15, 0.2) is 24.3 Å². The Morgan fingerprint density at radius 2 is 1.85 bits per heavy atom. The number of para-hydroxylation sites is 1. The van der Waals surface area contributed by atoms with Crippen molar-refractivity contribution in [3.05, 3.63) is 29.3 Å². The average molecular weight is 296 g/mol. The zero-order chi connectivity index (χ0) is 14.6. The van der Waals surface area contributed by atoms with Crippen LogP contribution in [0, 0.1) is 0 Å². The Kier molecular flexibility index (Phi) is 5.30. The summed E-state index contributed by atoms with van der Waals surface area (Å²) in [7, 11) is 0. The van der Waals surface area contributed by atoms with E-state index in [0.29, 0.717) is 0 Å². The Labute approximate surface area is 127 Å². The second-order valence-electron chi connectivity index (χ2n) is 6.12. The smallest absolute Gasteiger partial charge is 0.0639 e. The molecule has 20 heavy (non-hydrogen) atoms. The molecule has 1 unspecified atom stereocenters. The van der Waals surface area contributed by atoms with Crippen molar-refractivity contribution in [1.29, 1.82) is 0 Å². The molecule has 0 radical (unpaired) electrons. The van der Waals surface area contributed by atoms with Crippen LogP contribution in [0.2, 0.25) is 5.02 Å². The summed E-state index contributed by atoms with van der Waals surface area (Å²) < 4.78 is 0. The van der Waals surface area contributed by atoms with Gasteiger partial charge in [-0.2, -0.15) is 0 Å². The Hall–Kier alpha value is -0.770. The third kappa shape index (κ3) is 4.11. The van der Waals surface area contributed by atoms with Crippen molar-refractivity contribution in [3.63, 3.8) is 0 Å². The predicted octanol–water partition coefficient (Wildman–Crippen LogP) is 2.98. The number of piperazine rings is 1. The van der Waals surface area contributed by atoms with Crippen molar-refractivity contribution in [3.8, 4) is 0 Å². The predicted molar refractivity (Wildman–Crippen MR) is 87.6 cm³/mol. The lowest BCUT2D eigenvalue weighted by Crippen LogP contribution is -2.54. The molecular formula is C16H26ClN3. The maximum absolute atomic E-state index is 6.35. The van der Waals surface area contributed by atoms with E-state index in [1.807, 2.05) is 18.2 Å². The topological polar surface area (TPSA) is 32.5 Å². The zero-order valence-electron chi connectivity index (χ0n) is 12.6. The highest BCUT2D eigenvalue weighted by Crippen LogP contribution is 2.26. The van der Waals surface area contributed by atoms with Gasteiger partial charge < -0.3 is 10.6 Å². The Balaban J connectivity index is 1.88. The van der Waals surface area contributed by atoms with Gasteiger partial charge in [0.15, 0.2) is 0 Å². The summed E-state index contributed by atoms with van der Waals surface area (Å²) >= 11 is 6.27. The lowest BCUT2D eigenvalue weighted by molar-refractivity contribution is 0.199. The van der Waals surface area contributed by atoms with Crippen LogP contribution in [0.1, 0.15) is 26.7 Å². The Morgan fingerprint density at radius 1 is 1.20 bits per heavy atom. The van der Waals surface area contributed by atoms with Gasteiger partial charge >= 0.3 is 0 Å². The first-order valence-corrected chi connectivity index (χ1v) is 7.90. The minimum atomic E-state index is -0.0681. The molecule has 1 aliphatic heterocycles. The zero-order valence-corrected chi connectivity index (χ0v) is 13.4. The molecule has 0 spiro atoms. The quantitative estimate of drug-likeness (QED) is 0.906. The van der Waals surface area contributed by atoms with Crippen LogP contribution >= 0.6 is 11.6 Å². The van der Waals surface area contributed by atoms with E-state index in [1.54, 1.807) is 0 Å². The summed E-state index contributed by atoms with van der Waals surface area (Å²) in [6.07, 6.45) is 2.23. The van der Waals surface area contributed by atoms with E-state index in [2.05, 4.69) is 29.7 Å². The molecule has 1 saturated heterocycles. The number of benzene rings is 1. The summed E-state index contributed by atoms with van der Waals surface area (Å²) in [6.45, 7) is 9.50. The molecule has 1 atom stereocenters. The fourth-order valence-electron chi connectivity index (χ4n) is 3.02. The summed E-state index contributed by atoms with van der Waals surface area (Å²) in [5, 5.41) is 0.843. The van der Waals surface area contributed by atoms with E-state index >= 15 is 0 Å². The van der Waals surface area contributed by atoms with E-state index in [0.717, 1.165) is 56.3 Å². The van der Waals surface area contributed by atoms with Gasteiger partial charge in [-0.3, -0.25) is 4.90 Å². The number of rotatable bonds is 5. The van der Waals surface area contributed by atoms with Gasteiger partial charge in [-0.05, 0) is 25.5 Å². The van der Waals surface area contributed by atoms with E-state index in [1.165, 1.54) is 0 Å². The molecule has 1 aliphatic rings. The standard InChI is InChI=1S/C16H26ClN3/c1-3-8-16(2,18)13-19-9-11-20(12-10-19)15-7-5-4-6-14(15)17/h4-7H,3,8-13,18H2,1-2H3. The van der Waals surface area contributed by atoms with Gasteiger partial charge in [-0.25, -0.2) is 0 Å². The third-order valence-corrected chi connectivity index (χ3v) is 4.29. The lowest BCUT2D eigenvalue weighted by atomic mass is 9.96. The Morgan fingerprint density at radius 3 is 2.45 bits per heavy atom. The minimum absolute atomic E-state index is 0.0681. The number of hydrogen-bond donors (Lipinski definition) is 1. The molecule has 1 heterocycles. The molecule has 1 fully saturated rings. The third-order valence-electron chi connectivity index (χ3n) is 3.97. The van der Waals surface area contributed by atoms with Crippen molar-refractivity contribution < 1.29 is 0 Å². The fraction of sp³-hybridized carbons (Fsp3) is 0.625. The molecule has 4 heteroatoms. The molecule has 0 amide bonds. The molecule has 3 nitrogen and oxygen atoms in total. The number of nitrogens with zero attached hydrogens (tertiary/aromatic N) is 2. The van der Waals surface area contributed by atoms with E-state index in [4.69, 9.17) is 17.3 Å². The van der Waals surface area contributed by atoms with Crippen molar-refractivity contribution in [2.45, 2.75) is 32.2 Å². The van der Waals surface area contributed by atoms with Gasteiger partial charge in [0.1, 0.15) is 0 Å². The average Bonchev–Trinajstić information content (AvgIpc) is 2.40. The molecular weight excluding hydrogens is 270 g/mol. The maximum atomic E-state index is 6.35. The van der Waals surface area contributed by atoms with Crippen LogP contribution in [-0.4, -0.2) is 43.2 Å². The van der Waals surface area contributed by atoms with Gasteiger partial charge in [0.25, 0.3) is 0 Å². The van der Waals surface area contributed by atoms with E-state index in [-0.39, 0.29) is 5.54 Å². The summed E-state index contributed by atoms with van der Waals surface area (Å²) in [4.78, 5) is 4.84. The second kappa shape index (κ2) is 6.79. The molecule has 0 aliphatic carbocycles. The largest absolute Gasteiger partial charge is 0.368 e. The van der Waals surface area contributed by atoms with Crippen molar-refractivity contribution in [2.75, 3.05) is 37.6 Å². The molecule has 0 aromatic heterocycles. The number of halogens is 1. The van der Waals surface area contributed by atoms with Crippen molar-refractivity contribution >= 4 is 17.3 Å². The van der Waals surface area contributed by atoms with E-state index in [9.17, 15) is 0 Å². The van der Waals surface area contributed by atoms with Gasteiger partial charge in [0.05, 0.1) is 10.7 Å². The number of nitrogens with two attached hydrogens (primary N) is 1. The molecule has 1 aromatic rings. The molecule has 2 rings (SSSR count). The normalized spacial score (nSPS) is 19.9.